The Bertz CT molecular complexity index is 280. The van der Waals surface area contributed by atoms with Crippen LogP contribution in [0.2, 0.25) is 0 Å². The van der Waals surface area contributed by atoms with Crippen LogP contribution in [0.3, 0.4) is 0 Å². The Labute approximate surface area is 103 Å². The highest BCUT2D eigenvalue weighted by Crippen LogP contribution is 2.04. The van der Waals surface area contributed by atoms with Gasteiger partial charge in [0.05, 0.1) is 18.5 Å². The topological polar surface area (TPSA) is 63.7 Å². The number of rotatable bonds is 6. The number of carbonyl (C=O) groups is 3. The number of Topliss-reactive ketones (excluding diaryl/α,β-unsaturated/α-hetero) is 1. The van der Waals surface area contributed by atoms with Gasteiger partial charge in [-0.05, 0) is 20.8 Å². The fraction of sp³-hybridized carbons (Fsp3) is 0.700. The van der Waals surface area contributed by atoms with Gasteiger partial charge in [0.25, 0.3) is 0 Å². The van der Waals surface area contributed by atoms with Crippen LogP contribution in [0, 0.1) is 0 Å². The number of hydrogen-bond donors (Lipinski definition) is 0. The Morgan fingerprint density at radius 2 is 1.94 bits per heavy atom. The first-order valence-electron chi connectivity index (χ1n) is 4.95. The third-order valence-corrected chi connectivity index (χ3v) is 2.40. The van der Waals surface area contributed by atoms with Gasteiger partial charge in [0.1, 0.15) is 11.8 Å². The smallest absolute Gasteiger partial charge is 0.328 e. The van der Waals surface area contributed by atoms with E-state index in [4.69, 9.17) is 4.74 Å². The van der Waals surface area contributed by atoms with E-state index in [1.807, 2.05) is 0 Å². The molecule has 0 N–H and O–H groups in total. The maximum Gasteiger partial charge on any atom is 0.328 e. The van der Waals surface area contributed by atoms with Gasteiger partial charge in [-0.2, -0.15) is 0 Å². The average molecular weight is 294 g/mol. The molecule has 1 amide bonds. The molecule has 92 valence electrons. The number of ether oxygens (including phenoxy) is 1. The van der Waals surface area contributed by atoms with Gasteiger partial charge in [-0.1, -0.05) is 15.9 Å². The van der Waals surface area contributed by atoms with E-state index < -0.39 is 12.0 Å². The van der Waals surface area contributed by atoms with Crippen LogP contribution in [0.1, 0.15) is 20.8 Å². The molecule has 0 aromatic heterocycles. The second kappa shape index (κ2) is 7.38. The number of esters is 1. The lowest BCUT2D eigenvalue weighted by Crippen LogP contribution is -2.46. The summed E-state index contributed by atoms with van der Waals surface area (Å²) in [6, 6.07) is -0.742. The fourth-order valence-electron chi connectivity index (χ4n) is 1.15. The number of halogens is 1. The van der Waals surface area contributed by atoms with Crippen LogP contribution in [0.15, 0.2) is 0 Å². The monoisotopic (exact) mass is 293 g/mol. The van der Waals surface area contributed by atoms with Crippen molar-refractivity contribution >= 4 is 33.6 Å². The molecular weight excluding hydrogens is 278 g/mol. The minimum Gasteiger partial charge on any atom is -0.464 e. The molecule has 5 nitrogen and oxygen atoms in total. The van der Waals surface area contributed by atoms with E-state index in [-0.39, 0.29) is 30.2 Å². The Morgan fingerprint density at radius 3 is 2.31 bits per heavy atom. The lowest BCUT2D eigenvalue weighted by atomic mass is 10.2. The summed E-state index contributed by atoms with van der Waals surface area (Å²) in [5.74, 6) is -0.987. The first-order valence-corrected chi connectivity index (χ1v) is 6.07. The van der Waals surface area contributed by atoms with E-state index >= 15 is 0 Å². The normalized spacial score (nSPS) is 11.8. The second-order valence-corrected chi connectivity index (χ2v) is 3.85. The molecule has 0 aromatic carbocycles. The largest absolute Gasteiger partial charge is 0.464 e. The third-order valence-electron chi connectivity index (χ3n) is 1.92. The Kier molecular flexibility index (Phi) is 6.96. The van der Waals surface area contributed by atoms with Crippen molar-refractivity contribution in [3.05, 3.63) is 0 Å². The summed E-state index contributed by atoms with van der Waals surface area (Å²) in [6.45, 7) is 4.77. The van der Waals surface area contributed by atoms with Crippen molar-refractivity contribution in [2.45, 2.75) is 26.8 Å². The molecule has 0 saturated carbocycles. The third kappa shape index (κ3) is 4.74. The molecule has 0 aromatic rings. The van der Waals surface area contributed by atoms with Crippen LogP contribution >= 0.6 is 15.9 Å². The molecular formula is C10H16BrNO4. The molecule has 0 aliphatic heterocycles. The standard InChI is InChI=1S/C10H16BrNO4/c1-4-16-10(15)8(3)12(6-7(2)13)9(14)5-11/h8H,4-6H2,1-3H3/t8-/m0/s1. The van der Waals surface area contributed by atoms with E-state index in [9.17, 15) is 14.4 Å². The molecule has 0 radical (unpaired) electrons. The highest BCUT2D eigenvalue weighted by molar-refractivity contribution is 9.09. The predicted molar refractivity (Wildman–Crippen MR) is 62.3 cm³/mol. The van der Waals surface area contributed by atoms with E-state index in [0.717, 1.165) is 0 Å². The zero-order valence-corrected chi connectivity index (χ0v) is 11.2. The van der Waals surface area contributed by atoms with Crippen molar-refractivity contribution in [3.8, 4) is 0 Å². The maximum atomic E-state index is 11.5. The zero-order valence-electron chi connectivity index (χ0n) is 9.66. The van der Waals surface area contributed by atoms with Gasteiger partial charge in [-0.15, -0.1) is 0 Å². The van der Waals surface area contributed by atoms with Crippen molar-refractivity contribution in [2.75, 3.05) is 18.5 Å². The molecule has 0 spiro atoms. The average Bonchev–Trinajstić information content (AvgIpc) is 2.24. The summed E-state index contributed by atoms with van der Waals surface area (Å²) in [6.07, 6.45) is 0. The van der Waals surface area contributed by atoms with Gasteiger partial charge in [0, 0.05) is 0 Å². The number of carbonyl (C=O) groups excluding carboxylic acids is 3. The van der Waals surface area contributed by atoms with E-state index in [2.05, 4.69) is 15.9 Å². The minimum atomic E-state index is -0.742. The molecule has 16 heavy (non-hydrogen) atoms. The molecule has 0 unspecified atom stereocenters. The lowest BCUT2D eigenvalue weighted by molar-refractivity contribution is -0.153. The molecule has 0 aliphatic carbocycles. The van der Waals surface area contributed by atoms with Crippen LogP contribution in [0.25, 0.3) is 0 Å². The van der Waals surface area contributed by atoms with Crippen molar-refractivity contribution in [3.63, 3.8) is 0 Å². The maximum absolute atomic E-state index is 11.5. The number of amides is 1. The second-order valence-electron chi connectivity index (χ2n) is 3.29. The highest BCUT2D eigenvalue weighted by Gasteiger charge is 2.26. The van der Waals surface area contributed by atoms with Crippen LogP contribution in [0.5, 0.6) is 0 Å². The number of hydrogen-bond acceptors (Lipinski definition) is 4. The SMILES string of the molecule is CCOC(=O)[C@H](C)N(CC(C)=O)C(=O)CBr. The van der Waals surface area contributed by atoms with Crippen LogP contribution in [0.4, 0.5) is 0 Å². The first-order chi connectivity index (χ1) is 7.43. The van der Waals surface area contributed by atoms with Crippen LogP contribution in [-0.2, 0) is 19.1 Å². The molecule has 0 heterocycles. The number of alkyl halides is 1. The van der Waals surface area contributed by atoms with Crippen LogP contribution < -0.4 is 0 Å². The van der Waals surface area contributed by atoms with Gasteiger partial charge < -0.3 is 9.64 Å². The van der Waals surface area contributed by atoms with E-state index in [0.29, 0.717) is 0 Å². The molecule has 0 aliphatic rings. The molecule has 0 fully saturated rings. The quantitative estimate of drug-likeness (QED) is 0.536. The molecule has 0 rings (SSSR count). The van der Waals surface area contributed by atoms with E-state index in [1.54, 1.807) is 13.8 Å². The summed E-state index contributed by atoms with van der Waals surface area (Å²) in [7, 11) is 0. The van der Waals surface area contributed by atoms with Crippen molar-refractivity contribution in [2.24, 2.45) is 0 Å². The Balaban J connectivity index is 4.67. The lowest BCUT2D eigenvalue weighted by Gasteiger charge is -2.26. The fourth-order valence-corrected chi connectivity index (χ4v) is 1.47. The molecule has 6 heteroatoms. The van der Waals surface area contributed by atoms with Gasteiger partial charge in [0.2, 0.25) is 5.91 Å². The van der Waals surface area contributed by atoms with Gasteiger partial charge in [-0.25, -0.2) is 4.79 Å². The summed E-state index contributed by atoms with van der Waals surface area (Å²) in [5.41, 5.74) is 0. The van der Waals surface area contributed by atoms with Gasteiger partial charge in [-0.3, -0.25) is 9.59 Å². The summed E-state index contributed by atoms with van der Waals surface area (Å²) in [4.78, 5) is 35.2. The molecule has 0 saturated heterocycles. The number of ketones is 1. The van der Waals surface area contributed by atoms with E-state index in [1.165, 1.54) is 11.8 Å². The zero-order chi connectivity index (χ0) is 12.7. The number of nitrogens with zero attached hydrogens (tertiary/aromatic N) is 1. The Hall–Kier alpha value is -0.910. The minimum absolute atomic E-state index is 0.0734. The van der Waals surface area contributed by atoms with Crippen LogP contribution in [-0.4, -0.2) is 47.1 Å². The summed E-state index contributed by atoms with van der Waals surface area (Å²) >= 11 is 3.01. The summed E-state index contributed by atoms with van der Waals surface area (Å²) < 4.78 is 4.80. The summed E-state index contributed by atoms with van der Waals surface area (Å²) in [5, 5.41) is 0.0734. The highest BCUT2D eigenvalue weighted by atomic mass is 79.9. The van der Waals surface area contributed by atoms with Gasteiger partial charge in [0.15, 0.2) is 0 Å². The molecule has 0 bridgehead atoms. The van der Waals surface area contributed by atoms with Crippen molar-refractivity contribution in [1.82, 2.24) is 4.90 Å². The molecule has 1 atom stereocenters. The van der Waals surface area contributed by atoms with Crippen molar-refractivity contribution in [1.29, 1.82) is 0 Å². The van der Waals surface area contributed by atoms with Crippen molar-refractivity contribution < 1.29 is 19.1 Å². The Morgan fingerprint density at radius 1 is 1.38 bits per heavy atom. The van der Waals surface area contributed by atoms with Gasteiger partial charge >= 0.3 is 5.97 Å². The predicted octanol–water partition coefficient (Wildman–Crippen LogP) is 0.751. The first kappa shape index (κ1) is 15.1.